The van der Waals surface area contributed by atoms with Crippen LogP contribution in [0.2, 0.25) is 0 Å². The SMILES string of the molecule is CN(C)c1cc(OCc2ccccc2)c(C2(O)O[C@H](COCc3ccccc3)[C@@H](OCc3ccccc3)[C@H](OCc3ccccc3)[C@H]2OCc2ccccc2)cc1Cc1ccc2c(c1)CC2. The minimum absolute atomic E-state index is 0.0885. The van der Waals surface area contributed by atoms with Gasteiger partial charge in [-0.2, -0.15) is 0 Å². The van der Waals surface area contributed by atoms with E-state index in [4.69, 9.17) is 28.4 Å². The maximum absolute atomic E-state index is 14.0. The largest absolute Gasteiger partial charge is 0.488 e. The van der Waals surface area contributed by atoms with Crippen molar-refractivity contribution < 1.29 is 33.5 Å². The highest BCUT2D eigenvalue weighted by Gasteiger charge is 2.58. The number of nitrogens with zero attached hydrogens (tertiary/aromatic N) is 1. The molecule has 9 rings (SSSR count). The molecule has 1 unspecified atom stereocenters. The molecule has 1 N–H and O–H groups in total. The van der Waals surface area contributed by atoms with Gasteiger partial charge in [0, 0.05) is 25.8 Å². The van der Waals surface area contributed by atoms with Gasteiger partial charge in [0.1, 0.15) is 36.8 Å². The summed E-state index contributed by atoms with van der Waals surface area (Å²) in [6.45, 7) is 1.36. The zero-order valence-corrected chi connectivity index (χ0v) is 37.8. The molecule has 0 spiro atoms. The summed E-state index contributed by atoms with van der Waals surface area (Å²) in [5.74, 6) is -1.68. The third kappa shape index (κ3) is 10.9. The summed E-state index contributed by atoms with van der Waals surface area (Å²) in [6.07, 6.45) is -0.742. The van der Waals surface area contributed by atoms with E-state index in [-0.39, 0.29) is 33.0 Å². The summed E-state index contributed by atoms with van der Waals surface area (Å²) < 4.78 is 41.7. The van der Waals surface area contributed by atoms with Crippen molar-refractivity contribution in [2.75, 3.05) is 25.6 Å². The first kappa shape index (κ1) is 45.1. The maximum Gasteiger partial charge on any atom is 0.226 e. The van der Waals surface area contributed by atoms with Crippen LogP contribution < -0.4 is 9.64 Å². The predicted molar refractivity (Wildman–Crippen MR) is 258 cm³/mol. The molecule has 0 saturated carbocycles. The van der Waals surface area contributed by atoms with Crippen molar-refractivity contribution >= 4 is 5.69 Å². The highest BCUT2D eigenvalue weighted by atomic mass is 16.7. The highest BCUT2D eigenvalue weighted by Crippen LogP contribution is 2.47. The van der Waals surface area contributed by atoms with E-state index in [9.17, 15) is 5.11 Å². The molecule has 66 heavy (non-hydrogen) atoms. The Morgan fingerprint density at radius 3 is 1.55 bits per heavy atom. The molecule has 0 bridgehead atoms. The molecule has 1 aliphatic carbocycles. The lowest BCUT2D eigenvalue weighted by molar-refractivity contribution is -0.379. The van der Waals surface area contributed by atoms with Crippen LogP contribution in [0.15, 0.2) is 182 Å². The number of fused-ring (bicyclic) bond motifs is 1. The lowest BCUT2D eigenvalue weighted by atomic mass is 9.84. The quantitative estimate of drug-likeness (QED) is 0.0811. The van der Waals surface area contributed by atoms with Crippen LogP contribution in [0.25, 0.3) is 0 Å². The van der Waals surface area contributed by atoms with Crippen molar-refractivity contribution in [1.29, 1.82) is 0 Å². The first-order valence-corrected chi connectivity index (χ1v) is 23.0. The fraction of sp³-hybridized carbons (Fsp3) is 0.276. The summed E-state index contributed by atoms with van der Waals surface area (Å²) in [5, 5.41) is 14.0. The molecule has 1 aliphatic heterocycles. The van der Waals surface area contributed by atoms with Crippen molar-refractivity contribution in [2.45, 2.75) is 82.5 Å². The van der Waals surface area contributed by atoms with Gasteiger partial charge in [0.2, 0.25) is 5.79 Å². The molecule has 0 aromatic heterocycles. The van der Waals surface area contributed by atoms with Crippen LogP contribution in [0.3, 0.4) is 0 Å². The van der Waals surface area contributed by atoms with Crippen LogP contribution >= 0.6 is 0 Å². The van der Waals surface area contributed by atoms with Crippen LogP contribution in [0, 0.1) is 0 Å². The summed E-state index contributed by atoms with van der Waals surface area (Å²) in [4.78, 5) is 2.10. The van der Waals surface area contributed by atoms with E-state index in [0.717, 1.165) is 51.9 Å². The minimum atomic E-state index is -2.14. The lowest BCUT2D eigenvalue weighted by Crippen LogP contribution is -2.65. The smallest absolute Gasteiger partial charge is 0.226 e. The van der Waals surface area contributed by atoms with Gasteiger partial charge >= 0.3 is 0 Å². The van der Waals surface area contributed by atoms with E-state index < -0.39 is 30.2 Å². The van der Waals surface area contributed by atoms with E-state index >= 15 is 0 Å². The van der Waals surface area contributed by atoms with Gasteiger partial charge in [-0.3, -0.25) is 0 Å². The van der Waals surface area contributed by atoms with Crippen molar-refractivity contribution in [1.82, 2.24) is 0 Å². The van der Waals surface area contributed by atoms with Crippen molar-refractivity contribution in [3.05, 3.63) is 238 Å². The van der Waals surface area contributed by atoms with Gasteiger partial charge in [-0.05, 0) is 75.4 Å². The van der Waals surface area contributed by atoms with Gasteiger partial charge < -0.3 is 38.4 Å². The summed E-state index contributed by atoms with van der Waals surface area (Å²) in [7, 11) is 4.08. The Bertz CT molecular complexity index is 2590. The lowest BCUT2D eigenvalue weighted by Gasteiger charge is -2.50. The highest BCUT2D eigenvalue weighted by molar-refractivity contribution is 5.62. The topological polar surface area (TPSA) is 78.9 Å². The van der Waals surface area contributed by atoms with Gasteiger partial charge in [-0.15, -0.1) is 0 Å². The Kier molecular flexibility index (Phi) is 14.7. The number of aliphatic hydroxyl groups is 1. The number of anilines is 1. The third-order valence-electron chi connectivity index (χ3n) is 12.6. The van der Waals surface area contributed by atoms with Gasteiger partial charge in [-0.25, -0.2) is 0 Å². The second-order valence-electron chi connectivity index (χ2n) is 17.5. The molecule has 8 heteroatoms. The molecule has 7 aromatic rings. The zero-order valence-electron chi connectivity index (χ0n) is 37.8. The molecular weight excluding hydrogens is 823 g/mol. The standard InChI is InChI=1S/C58H59NO7/c1-59(2)52-35-53(62-37-43-20-10-4-11-21-43)51(34-50(52)33-47-28-29-48-30-31-49(48)32-47)58(60)57(65-40-46-26-16-7-17-27-46)56(64-39-45-24-14-6-15-25-45)55(63-38-44-22-12-5-13-23-44)54(66-58)41-61-36-42-18-8-3-9-19-42/h3-29,32,34-35,54-57,60H,30-31,33,36-41H2,1-2H3/t54-,55-,56+,57-,58?/m1/s1. The van der Waals surface area contributed by atoms with Gasteiger partial charge in [0.15, 0.2) is 0 Å². The summed E-state index contributed by atoms with van der Waals surface area (Å²) in [6, 6.07) is 61.0. The minimum Gasteiger partial charge on any atom is -0.488 e. The molecular formula is C58H59NO7. The molecule has 8 nitrogen and oxygen atoms in total. The van der Waals surface area contributed by atoms with Crippen LogP contribution in [-0.4, -0.2) is 50.2 Å². The van der Waals surface area contributed by atoms with Gasteiger partial charge in [0.25, 0.3) is 0 Å². The van der Waals surface area contributed by atoms with E-state index in [1.54, 1.807) is 0 Å². The molecule has 2 aliphatic rings. The van der Waals surface area contributed by atoms with E-state index in [1.165, 1.54) is 16.7 Å². The molecule has 338 valence electrons. The third-order valence-corrected chi connectivity index (χ3v) is 12.6. The van der Waals surface area contributed by atoms with E-state index in [0.29, 0.717) is 24.3 Å². The fourth-order valence-electron chi connectivity index (χ4n) is 8.95. The molecule has 1 fully saturated rings. The second kappa shape index (κ2) is 21.5. The normalized spacial score (nSPS) is 20.0. The second-order valence-corrected chi connectivity index (χ2v) is 17.5. The van der Waals surface area contributed by atoms with Crippen molar-refractivity contribution in [3.8, 4) is 5.75 Å². The monoisotopic (exact) mass is 881 g/mol. The van der Waals surface area contributed by atoms with Crippen LogP contribution in [0.4, 0.5) is 5.69 Å². The molecule has 0 amide bonds. The first-order valence-electron chi connectivity index (χ1n) is 23.0. The summed E-state index contributed by atoms with van der Waals surface area (Å²) >= 11 is 0. The average molecular weight is 882 g/mol. The molecule has 5 atom stereocenters. The number of hydrogen-bond acceptors (Lipinski definition) is 8. The van der Waals surface area contributed by atoms with Crippen molar-refractivity contribution in [2.24, 2.45) is 0 Å². The Labute approximate surface area is 389 Å². The molecule has 7 aromatic carbocycles. The number of benzene rings is 7. The van der Waals surface area contributed by atoms with Crippen LogP contribution in [0.5, 0.6) is 5.75 Å². The van der Waals surface area contributed by atoms with E-state index in [1.807, 2.05) is 172 Å². The number of hydrogen-bond donors (Lipinski definition) is 1. The van der Waals surface area contributed by atoms with E-state index in [2.05, 4.69) is 29.2 Å². The number of aryl methyl sites for hydroxylation is 2. The summed E-state index contributed by atoms with van der Waals surface area (Å²) in [5.41, 5.74) is 11.3. The number of ether oxygens (including phenoxy) is 6. The first-order chi connectivity index (χ1) is 32.4. The zero-order chi connectivity index (χ0) is 45.1. The predicted octanol–water partition coefficient (Wildman–Crippen LogP) is 10.5. The van der Waals surface area contributed by atoms with Crippen LogP contribution in [0.1, 0.15) is 55.6 Å². The Balaban J connectivity index is 1.19. The fourth-order valence-corrected chi connectivity index (χ4v) is 8.95. The average Bonchev–Trinajstić information content (AvgIpc) is 3.34. The van der Waals surface area contributed by atoms with Crippen molar-refractivity contribution in [3.63, 3.8) is 0 Å². The molecule has 0 radical (unpaired) electrons. The van der Waals surface area contributed by atoms with Crippen LogP contribution in [-0.2, 0) is 81.8 Å². The Morgan fingerprint density at radius 1 is 0.530 bits per heavy atom. The number of rotatable bonds is 20. The molecule has 1 heterocycles. The van der Waals surface area contributed by atoms with Gasteiger partial charge in [0.05, 0.1) is 38.6 Å². The Hall–Kier alpha value is -6.10. The Morgan fingerprint density at radius 2 is 1.03 bits per heavy atom. The van der Waals surface area contributed by atoms with Gasteiger partial charge in [-0.1, -0.05) is 170 Å². The molecule has 1 saturated heterocycles. The maximum atomic E-state index is 14.0.